The SMILES string of the molecule is CCC[C@H](NC(=O)NCCC1CCN(C)CC1)C(=O)O. The fourth-order valence-electron chi connectivity index (χ4n) is 2.50. The average molecular weight is 285 g/mol. The molecular weight excluding hydrogens is 258 g/mol. The summed E-state index contributed by atoms with van der Waals surface area (Å²) in [4.78, 5) is 24.9. The number of aliphatic carboxylic acids is 1. The Morgan fingerprint density at radius 3 is 2.55 bits per heavy atom. The molecule has 0 aromatic heterocycles. The highest BCUT2D eigenvalue weighted by Crippen LogP contribution is 2.18. The van der Waals surface area contributed by atoms with Gasteiger partial charge in [0.25, 0.3) is 0 Å². The second-order valence-electron chi connectivity index (χ2n) is 5.62. The summed E-state index contributed by atoms with van der Waals surface area (Å²) >= 11 is 0. The van der Waals surface area contributed by atoms with E-state index in [0.717, 1.165) is 25.9 Å². The molecule has 1 atom stereocenters. The predicted octanol–water partition coefficient (Wildman–Crippen LogP) is 1.27. The summed E-state index contributed by atoms with van der Waals surface area (Å²) in [6.07, 6.45) is 4.50. The molecule has 6 nitrogen and oxygen atoms in total. The lowest BCUT2D eigenvalue weighted by molar-refractivity contribution is -0.139. The van der Waals surface area contributed by atoms with Crippen LogP contribution in [0.4, 0.5) is 4.79 Å². The Bertz CT molecular complexity index is 315. The minimum absolute atomic E-state index is 0.376. The van der Waals surface area contributed by atoms with E-state index in [0.29, 0.717) is 18.9 Å². The van der Waals surface area contributed by atoms with Crippen molar-refractivity contribution >= 4 is 12.0 Å². The van der Waals surface area contributed by atoms with Gasteiger partial charge in [-0.2, -0.15) is 0 Å². The first kappa shape index (κ1) is 16.8. The van der Waals surface area contributed by atoms with Gasteiger partial charge in [-0.3, -0.25) is 0 Å². The van der Waals surface area contributed by atoms with E-state index in [4.69, 9.17) is 5.11 Å². The van der Waals surface area contributed by atoms with Crippen LogP contribution in [0.1, 0.15) is 39.0 Å². The molecule has 1 heterocycles. The zero-order chi connectivity index (χ0) is 15.0. The molecule has 6 heteroatoms. The number of carboxylic acid groups (broad SMARTS) is 1. The van der Waals surface area contributed by atoms with Crippen LogP contribution in [-0.4, -0.2) is 54.7 Å². The third-order valence-electron chi connectivity index (χ3n) is 3.86. The molecule has 0 saturated carbocycles. The summed E-state index contributed by atoms with van der Waals surface area (Å²) in [6, 6.07) is -1.16. The first-order valence-corrected chi connectivity index (χ1v) is 7.48. The van der Waals surface area contributed by atoms with Gasteiger partial charge in [-0.05, 0) is 51.7 Å². The molecule has 1 aliphatic heterocycles. The number of carbonyl (C=O) groups is 2. The maximum absolute atomic E-state index is 11.6. The second-order valence-corrected chi connectivity index (χ2v) is 5.62. The van der Waals surface area contributed by atoms with E-state index >= 15 is 0 Å². The fourth-order valence-corrected chi connectivity index (χ4v) is 2.50. The Labute approximate surface area is 120 Å². The molecule has 0 aliphatic carbocycles. The standard InChI is InChI=1S/C14H27N3O3/c1-3-4-12(13(18)19)16-14(20)15-8-5-11-6-9-17(2)10-7-11/h11-12H,3-10H2,1-2H3,(H,18,19)(H2,15,16,20)/t12-/m0/s1. The zero-order valence-electron chi connectivity index (χ0n) is 12.5. The minimum Gasteiger partial charge on any atom is -0.480 e. The number of urea groups is 1. The van der Waals surface area contributed by atoms with Gasteiger partial charge in [0, 0.05) is 6.54 Å². The van der Waals surface area contributed by atoms with Crippen molar-refractivity contribution in [1.29, 1.82) is 0 Å². The van der Waals surface area contributed by atoms with Gasteiger partial charge in [0.2, 0.25) is 0 Å². The number of rotatable bonds is 7. The normalized spacial score (nSPS) is 18.5. The first-order valence-electron chi connectivity index (χ1n) is 7.48. The summed E-state index contributed by atoms with van der Waals surface area (Å²) in [5.41, 5.74) is 0. The topological polar surface area (TPSA) is 81.7 Å². The Balaban J connectivity index is 2.17. The van der Waals surface area contributed by atoms with Crippen LogP contribution in [0, 0.1) is 5.92 Å². The summed E-state index contributed by atoms with van der Waals surface area (Å²) in [7, 11) is 2.13. The Morgan fingerprint density at radius 1 is 1.35 bits per heavy atom. The van der Waals surface area contributed by atoms with Gasteiger partial charge in [0.15, 0.2) is 0 Å². The molecule has 1 saturated heterocycles. The lowest BCUT2D eigenvalue weighted by Gasteiger charge is -2.28. The number of nitrogens with one attached hydrogen (secondary N) is 2. The summed E-state index contributed by atoms with van der Waals surface area (Å²) in [5, 5.41) is 14.2. The number of nitrogens with zero attached hydrogens (tertiary/aromatic N) is 1. The second kappa shape index (κ2) is 8.79. The van der Waals surface area contributed by atoms with Gasteiger partial charge in [-0.1, -0.05) is 13.3 Å². The Kier molecular flexibility index (Phi) is 7.36. The van der Waals surface area contributed by atoms with Crippen LogP contribution in [-0.2, 0) is 4.79 Å². The maximum Gasteiger partial charge on any atom is 0.326 e. The van der Waals surface area contributed by atoms with Gasteiger partial charge in [0.1, 0.15) is 6.04 Å². The number of amides is 2. The highest BCUT2D eigenvalue weighted by atomic mass is 16.4. The molecule has 20 heavy (non-hydrogen) atoms. The zero-order valence-corrected chi connectivity index (χ0v) is 12.5. The van der Waals surface area contributed by atoms with Crippen LogP contribution >= 0.6 is 0 Å². The lowest BCUT2D eigenvalue weighted by Crippen LogP contribution is -2.46. The number of carbonyl (C=O) groups excluding carboxylic acids is 1. The maximum atomic E-state index is 11.6. The van der Waals surface area contributed by atoms with E-state index in [2.05, 4.69) is 22.6 Å². The largest absolute Gasteiger partial charge is 0.480 e. The number of piperidine rings is 1. The number of likely N-dealkylation sites (tertiary alicyclic amines) is 1. The average Bonchev–Trinajstić information content (AvgIpc) is 2.40. The third kappa shape index (κ3) is 6.23. The van der Waals surface area contributed by atoms with Crippen LogP contribution in [0.15, 0.2) is 0 Å². The number of carboxylic acids is 1. The molecule has 0 bridgehead atoms. The van der Waals surface area contributed by atoms with Crippen LogP contribution < -0.4 is 10.6 Å². The summed E-state index contributed by atoms with van der Waals surface area (Å²) in [6.45, 7) is 4.75. The van der Waals surface area contributed by atoms with Crippen LogP contribution in [0.2, 0.25) is 0 Å². The highest BCUT2D eigenvalue weighted by Gasteiger charge is 2.19. The highest BCUT2D eigenvalue weighted by molar-refractivity contribution is 5.82. The van der Waals surface area contributed by atoms with Gasteiger partial charge in [-0.25, -0.2) is 9.59 Å². The van der Waals surface area contributed by atoms with Crippen molar-refractivity contribution in [3.05, 3.63) is 0 Å². The molecule has 0 radical (unpaired) electrons. The van der Waals surface area contributed by atoms with Crippen LogP contribution in [0.3, 0.4) is 0 Å². The van der Waals surface area contributed by atoms with Crippen molar-refractivity contribution in [3.8, 4) is 0 Å². The van der Waals surface area contributed by atoms with E-state index in [1.54, 1.807) is 0 Å². The fraction of sp³-hybridized carbons (Fsp3) is 0.857. The van der Waals surface area contributed by atoms with Crippen LogP contribution in [0.5, 0.6) is 0 Å². The van der Waals surface area contributed by atoms with Gasteiger partial charge < -0.3 is 20.6 Å². The van der Waals surface area contributed by atoms with E-state index in [-0.39, 0.29) is 6.03 Å². The Hall–Kier alpha value is -1.30. The molecule has 0 unspecified atom stereocenters. The summed E-state index contributed by atoms with van der Waals surface area (Å²) in [5.74, 6) is -0.310. The van der Waals surface area contributed by atoms with E-state index < -0.39 is 12.0 Å². The first-order chi connectivity index (χ1) is 9.52. The van der Waals surface area contributed by atoms with Crippen molar-refractivity contribution in [2.75, 3.05) is 26.7 Å². The van der Waals surface area contributed by atoms with Crippen molar-refractivity contribution < 1.29 is 14.7 Å². The lowest BCUT2D eigenvalue weighted by atomic mass is 9.94. The van der Waals surface area contributed by atoms with Crippen molar-refractivity contribution in [1.82, 2.24) is 15.5 Å². The molecule has 1 fully saturated rings. The van der Waals surface area contributed by atoms with E-state index in [9.17, 15) is 9.59 Å². The third-order valence-corrected chi connectivity index (χ3v) is 3.86. The quantitative estimate of drug-likeness (QED) is 0.658. The van der Waals surface area contributed by atoms with Gasteiger partial charge in [-0.15, -0.1) is 0 Å². The molecule has 0 aromatic rings. The molecule has 0 spiro atoms. The number of hydrogen-bond donors (Lipinski definition) is 3. The Morgan fingerprint density at radius 2 is 2.00 bits per heavy atom. The van der Waals surface area contributed by atoms with Crippen molar-refractivity contribution in [2.24, 2.45) is 5.92 Å². The smallest absolute Gasteiger partial charge is 0.326 e. The van der Waals surface area contributed by atoms with E-state index in [1.165, 1.54) is 12.8 Å². The number of hydrogen-bond acceptors (Lipinski definition) is 3. The molecule has 116 valence electrons. The minimum atomic E-state index is -0.975. The summed E-state index contributed by atoms with van der Waals surface area (Å²) < 4.78 is 0. The molecule has 2 amide bonds. The van der Waals surface area contributed by atoms with Gasteiger partial charge >= 0.3 is 12.0 Å². The van der Waals surface area contributed by atoms with Gasteiger partial charge in [0.05, 0.1) is 0 Å². The molecule has 1 aliphatic rings. The monoisotopic (exact) mass is 285 g/mol. The van der Waals surface area contributed by atoms with Crippen LogP contribution in [0.25, 0.3) is 0 Å². The molecule has 3 N–H and O–H groups in total. The molecular formula is C14H27N3O3. The van der Waals surface area contributed by atoms with Crippen molar-refractivity contribution in [3.63, 3.8) is 0 Å². The molecule has 1 rings (SSSR count). The van der Waals surface area contributed by atoms with Crippen molar-refractivity contribution in [2.45, 2.75) is 45.1 Å². The molecule has 0 aromatic carbocycles. The van der Waals surface area contributed by atoms with E-state index in [1.807, 2.05) is 6.92 Å². The predicted molar refractivity (Wildman–Crippen MR) is 77.7 cm³/mol.